The number of anilines is 1. The highest BCUT2D eigenvalue weighted by Crippen LogP contribution is 2.24. The molecule has 0 saturated heterocycles. The topological polar surface area (TPSA) is 129 Å². The lowest BCUT2D eigenvalue weighted by atomic mass is 10.1. The Morgan fingerprint density at radius 3 is 2.36 bits per heavy atom. The lowest BCUT2D eigenvalue weighted by molar-refractivity contribution is -0.387. The molecule has 132 valence electrons. The van der Waals surface area contributed by atoms with Gasteiger partial charge in [0.1, 0.15) is 0 Å². The smallest absolute Gasteiger partial charge is 0.306 e. The van der Waals surface area contributed by atoms with Crippen LogP contribution in [0.1, 0.15) is 12.0 Å². The van der Waals surface area contributed by atoms with Crippen molar-refractivity contribution >= 4 is 27.4 Å². The molecule has 0 amide bonds. The Morgan fingerprint density at radius 1 is 1.16 bits per heavy atom. The number of benzene rings is 2. The van der Waals surface area contributed by atoms with Crippen LogP contribution < -0.4 is 9.83 Å². The summed E-state index contributed by atoms with van der Waals surface area (Å²) in [5.41, 5.74) is -0.396. The summed E-state index contributed by atoms with van der Waals surface area (Å²) < 4.78 is 39.9. The number of hydrogen-bond acceptors (Lipinski definition) is 6. The first-order chi connectivity index (χ1) is 11.7. The summed E-state index contributed by atoms with van der Waals surface area (Å²) in [5.74, 6) is -2.29. The molecule has 10 heteroatoms. The van der Waals surface area contributed by atoms with Crippen molar-refractivity contribution in [1.82, 2.24) is 0 Å². The number of carboxylic acids is 1. The third kappa shape index (κ3) is 4.73. The normalized spacial score (nSPS) is 11.1. The van der Waals surface area contributed by atoms with Gasteiger partial charge in [-0.2, -0.15) is 4.39 Å². The Balaban J connectivity index is 2.20. The SMILES string of the molecule is O=C([O-])CCc1ccc(S(=O)(=O)Nc2ccc(F)c([N+](=O)[O-])c2)cc1. The second kappa shape index (κ2) is 7.26. The molecule has 2 rings (SSSR count). The van der Waals surface area contributed by atoms with E-state index < -0.39 is 32.4 Å². The minimum atomic E-state index is -4.04. The van der Waals surface area contributed by atoms with E-state index in [2.05, 4.69) is 4.72 Å². The van der Waals surface area contributed by atoms with Crippen molar-refractivity contribution in [3.05, 3.63) is 64.0 Å². The van der Waals surface area contributed by atoms with Crippen LogP contribution in [0.5, 0.6) is 0 Å². The second-order valence-corrected chi connectivity index (χ2v) is 6.73. The van der Waals surface area contributed by atoms with Gasteiger partial charge < -0.3 is 9.90 Å². The maximum absolute atomic E-state index is 13.3. The summed E-state index contributed by atoms with van der Waals surface area (Å²) >= 11 is 0. The van der Waals surface area contributed by atoms with Gasteiger partial charge in [-0.05, 0) is 42.7 Å². The molecule has 1 N–H and O–H groups in total. The van der Waals surface area contributed by atoms with Crippen LogP contribution >= 0.6 is 0 Å². The third-order valence-corrected chi connectivity index (χ3v) is 4.64. The molecular formula is C15H12FN2O6S-. The minimum Gasteiger partial charge on any atom is -0.550 e. The van der Waals surface area contributed by atoms with Crippen LogP contribution in [0.25, 0.3) is 0 Å². The average molecular weight is 367 g/mol. The van der Waals surface area contributed by atoms with Crippen LogP contribution in [0, 0.1) is 15.9 Å². The molecule has 0 aliphatic rings. The Bertz CT molecular complexity index is 912. The highest BCUT2D eigenvalue weighted by atomic mass is 32.2. The molecule has 0 fully saturated rings. The van der Waals surface area contributed by atoms with E-state index in [1.165, 1.54) is 24.3 Å². The van der Waals surface area contributed by atoms with E-state index in [9.17, 15) is 32.8 Å². The molecule has 0 aliphatic heterocycles. The number of halogens is 1. The largest absolute Gasteiger partial charge is 0.550 e. The molecule has 0 heterocycles. The summed E-state index contributed by atoms with van der Waals surface area (Å²) in [5, 5.41) is 21.1. The fourth-order valence-electron chi connectivity index (χ4n) is 2.01. The number of aryl methyl sites for hydroxylation is 1. The molecule has 0 saturated carbocycles. The molecule has 0 bridgehead atoms. The van der Waals surface area contributed by atoms with Gasteiger partial charge >= 0.3 is 5.69 Å². The van der Waals surface area contributed by atoms with Gasteiger partial charge in [-0.25, -0.2) is 8.42 Å². The van der Waals surface area contributed by atoms with Crippen LogP contribution in [-0.2, 0) is 21.2 Å². The zero-order valence-electron chi connectivity index (χ0n) is 12.6. The van der Waals surface area contributed by atoms with E-state index >= 15 is 0 Å². The number of nitrogens with zero attached hydrogens (tertiary/aromatic N) is 1. The van der Waals surface area contributed by atoms with Crippen molar-refractivity contribution in [2.24, 2.45) is 0 Å². The Kier molecular flexibility index (Phi) is 5.32. The average Bonchev–Trinajstić information content (AvgIpc) is 2.54. The first kappa shape index (κ1) is 18.3. The molecule has 0 unspecified atom stereocenters. The maximum Gasteiger partial charge on any atom is 0.306 e. The van der Waals surface area contributed by atoms with Crippen molar-refractivity contribution in [3.63, 3.8) is 0 Å². The van der Waals surface area contributed by atoms with Gasteiger partial charge in [-0.15, -0.1) is 0 Å². The van der Waals surface area contributed by atoms with Gasteiger partial charge in [-0.3, -0.25) is 14.8 Å². The number of rotatable bonds is 7. The van der Waals surface area contributed by atoms with E-state index in [1.807, 2.05) is 0 Å². The molecule has 8 nitrogen and oxygen atoms in total. The molecule has 0 atom stereocenters. The lowest BCUT2D eigenvalue weighted by Gasteiger charge is -2.09. The number of nitro groups is 1. The fourth-order valence-corrected chi connectivity index (χ4v) is 3.06. The maximum atomic E-state index is 13.3. The van der Waals surface area contributed by atoms with Crippen molar-refractivity contribution in [1.29, 1.82) is 0 Å². The summed E-state index contributed by atoms with van der Waals surface area (Å²) in [4.78, 5) is 20.0. The highest BCUT2D eigenvalue weighted by molar-refractivity contribution is 7.92. The molecule has 0 radical (unpaired) electrons. The lowest BCUT2D eigenvalue weighted by Crippen LogP contribution is -2.22. The van der Waals surface area contributed by atoms with Crippen LogP contribution in [0.3, 0.4) is 0 Å². The van der Waals surface area contributed by atoms with E-state index in [-0.39, 0.29) is 23.4 Å². The predicted molar refractivity (Wildman–Crippen MR) is 83.6 cm³/mol. The zero-order valence-corrected chi connectivity index (χ0v) is 13.5. The Morgan fingerprint density at radius 2 is 1.80 bits per heavy atom. The number of carboxylic acid groups (broad SMARTS) is 1. The summed E-state index contributed by atoms with van der Waals surface area (Å²) in [6.45, 7) is 0. The van der Waals surface area contributed by atoms with Crippen molar-refractivity contribution in [2.45, 2.75) is 17.7 Å². The Labute approximate surface area is 142 Å². The molecule has 2 aromatic carbocycles. The number of carbonyl (C=O) groups excluding carboxylic acids is 1. The highest BCUT2D eigenvalue weighted by Gasteiger charge is 2.18. The number of nitro benzene ring substituents is 1. The fraction of sp³-hybridized carbons (Fsp3) is 0.133. The van der Waals surface area contributed by atoms with Crippen molar-refractivity contribution < 1.29 is 27.6 Å². The van der Waals surface area contributed by atoms with E-state index in [0.717, 1.165) is 18.2 Å². The monoisotopic (exact) mass is 367 g/mol. The molecule has 25 heavy (non-hydrogen) atoms. The number of sulfonamides is 1. The number of aliphatic carboxylic acids is 1. The van der Waals surface area contributed by atoms with Gasteiger partial charge in [-0.1, -0.05) is 12.1 Å². The van der Waals surface area contributed by atoms with E-state index in [1.54, 1.807) is 0 Å². The van der Waals surface area contributed by atoms with Crippen LogP contribution in [0.2, 0.25) is 0 Å². The molecular weight excluding hydrogens is 355 g/mol. The summed E-state index contributed by atoms with van der Waals surface area (Å²) in [7, 11) is -4.04. The Hall–Kier alpha value is -3.01. The van der Waals surface area contributed by atoms with Gasteiger partial charge in [0.2, 0.25) is 5.82 Å². The van der Waals surface area contributed by atoms with Gasteiger partial charge in [0.05, 0.1) is 15.5 Å². The van der Waals surface area contributed by atoms with Crippen LogP contribution in [0.15, 0.2) is 47.4 Å². The van der Waals surface area contributed by atoms with Gasteiger partial charge in [0.25, 0.3) is 10.0 Å². The minimum absolute atomic E-state index is 0.128. The number of nitrogens with one attached hydrogen (secondary N) is 1. The van der Waals surface area contributed by atoms with Gasteiger partial charge in [0, 0.05) is 12.0 Å². The molecule has 0 aliphatic carbocycles. The van der Waals surface area contributed by atoms with E-state index in [0.29, 0.717) is 5.56 Å². The molecule has 0 spiro atoms. The van der Waals surface area contributed by atoms with Crippen LogP contribution in [-0.4, -0.2) is 19.3 Å². The number of hydrogen-bond donors (Lipinski definition) is 1. The van der Waals surface area contributed by atoms with Crippen LogP contribution in [0.4, 0.5) is 15.8 Å². The van der Waals surface area contributed by atoms with Crippen molar-refractivity contribution in [3.8, 4) is 0 Å². The number of carbonyl (C=O) groups is 1. The molecule has 0 aromatic heterocycles. The van der Waals surface area contributed by atoms with Crippen molar-refractivity contribution in [2.75, 3.05) is 4.72 Å². The van der Waals surface area contributed by atoms with Gasteiger partial charge in [0.15, 0.2) is 0 Å². The first-order valence-electron chi connectivity index (χ1n) is 6.94. The summed E-state index contributed by atoms with van der Waals surface area (Å²) in [6, 6.07) is 8.07. The first-order valence-corrected chi connectivity index (χ1v) is 8.43. The zero-order chi connectivity index (χ0) is 18.6. The third-order valence-electron chi connectivity index (χ3n) is 3.25. The standard InChI is InChI=1S/C15H13FN2O6S/c16-13-7-4-11(9-14(13)18(21)22)17-25(23,24)12-5-1-10(2-6-12)3-8-15(19)20/h1-2,4-7,9,17H,3,8H2,(H,19,20)/p-1. The quantitative estimate of drug-likeness (QED) is 0.578. The molecule has 2 aromatic rings. The second-order valence-electron chi connectivity index (χ2n) is 5.04. The van der Waals surface area contributed by atoms with E-state index in [4.69, 9.17) is 0 Å². The predicted octanol–water partition coefficient (Wildman–Crippen LogP) is 1.22. The summed E-state index contributed by atoms with van der Waals surface area (Å²) in [6.07, 6.45) is 0.00381.